The molecule has 0 aliphatic heterocycles. The van der Waals surface area contributed by atoms with Crippen molar-refractivity contribution in [3.63, 3.8) is 0 Å². The number of aryl methyl sites for hydroxylation is 1. The Morgan fingerprint density at radius 3 is 2.87 bits per heavy atom. The van der Waals surface area contributed by atoms with Crippen molar-refractivity contribution in [2.45, 2.75) is 39.3 Å². The summed E-state index contributed by atoms with van der Waals surface area (Å²) < 4.78 is 0. The summed E-state index contributed by atoms with van der Waals surface area (Å²) in [7, 11) is 0. The van der Waals surface area contributed by atoms with Gasteiger partial charge in [-0.05, 0) is 44.9 Å². The molecule has 0 radical (unpaired) electrons. The highest BCUT2D eigenvalue weighted by atomic mass is 16.3. The minimum atomic E-state index is -0.190. The quantitative estimate of drug-likeness (QED) is 0.699. The number of pyridine rings is 1. The zero-order valence-corrected chi connectivity index (χ0v) is 9.53. The molecule has 0 aliphatic carbocycles. The predicted octanol–water partition coefficient (Wildman–Crippen LogP) is 1.64. The zero-order valence-electron chi connectivity index (χ0n) is 9.53. The highest BCUT2D eigenvalue weighted by Crippen LogP contribution is 1.98. The molecule has 0 amide bonds. The first-order valence-corrected chi connectivity index (χ1v) is 5.49. The van der Waals surface area contributed by atoms with Crippen molar-refractivity contribution < 1.29 is 5.11 Å². The molecule has 0 bridgehead atoms. The molecule has 0 saturated heterocycles. The van der Waals surface area contributed by atoms with Gasteiger partial charge in [-0.1, -0.05) is 6.07 Å². The molecule has 1 rings (SSSR count). The number of aromatic nitrogens is 1. The van der Waals surface area contributed by atoms with Crippen molar-refractivity contribution in [1.82, 2.24) is 10.3 Å². The van der Waals surface area contributed by atoms with Gasteiger partial charge in [0.15, 0.2) is 0 Å². The first kappa shape index (κ1) is 12.1. The van der Waals surface area contributed by atoms with E-state index in [1.54, 1.807) is 0 Å². The van der Waals surface area contributed by atoms with Gasteiger partial charge in [-0.3, -0.25) is 4.98 Å². The molecule has 0 saturated carbocycles. The minimum absolute atomic E-state index is 0.190. The number of hydrogen-bond acceptors (Lipinski definition) is 3. The summed E-state index contributed by atoms with van der Waals surface area (Å²) in [6, 6.07) is 4.11. The molecule has 3 heteroatoms. The minimum Gasteiger partial charge on any atom is -0.393 e. The summed E-state index contributed by atoms with van der Waals surface area (Å²) in [5.74, 6) is 0. The fourth-order valence-electron chi connectivity index (χ4n) is 1.34. The topological polar surface area (TPSA) is 45.1 Å². The summed E-state index contributed by atoms with van der Waals surface area (Å²) in [4.78, 5) is 4.30. The van der Waals surface area contributed by atoms with E-state index in [4.69, 9.17) is 5.11 Å². The largest absolute Gasteiger partial charge is 0.393 e. The van der Waals surface area contributed by atoms with E-state index in [1.165, 1.54) is 5.56 Å². The van der Waals surface area contributed by atoms with Crippen LogP contribution in [-0.4, -0.2) is 22.7 Å². The van der Waals surface area contributed by atoms with Gasteiger partial charge in [0, 0.05) is 12.7 Å². The van der Waals surface area contributed by atoms with Crippen LogP contribution in [0, 0.1) is 6.92 Å². The molecule has 1 aromatic rings. The van der Waals surface area contributed by atoms with Gasteiger partial charge in [0.1, 0.15) is 0 Å². The van der Waals surface area contributed by atoms with Crippen molar-refractivity contribution in [1.29, 1.82) is 0 Å². The molecule has 1 atom stereocenters. The number of nitrogens with one attached hydrogen (secondary N) is 1. The maximum absolute atomic E-state index is 9.06. The Balaban J connectivity index is 2.12. The van der Waals surface area contributed by atoms with E-state index in [1.807, 2.05) is 26.1 Å². The summed E-state index contributed by atoms with van der Waals surface area (Å²) in [6.07, 6.45) is 3.55. The van der Waals surface area contributed by atoms with Crippen molar-refractivity contribution in [3.8, 4) is 0 Å². The van der Waals surface area contributed by atoms with Gasteiger partial charge in [-0.15, -0.1) is 0 Å². The van der Waals surface area contributed by atoms with Crippen LogP contribution in [0.2, 0.25) is 0 Å². The zero-order chi connectivity index (χ0) is 11.1. The molecule has 0 spiro atoms. The van der Waals surface area contributed by atoms with Gasteiger partial charge in [0.2, 0.25) is 0 Å². The smallest absolute Gasteiger partial charge is 0.0541 e. The summed E-state index contributed by atoms with van der Waals surface area (Å²) in [5, 5.41) is 12.4. The summed E-state index contributed by atoms with van der Waals surface area (Å²) >= 11 is 0. The fourth-order valence-corrected chi connectivity index (χ4v) is 1.34. The Labute approximate surface area is 91.5 Å². The molecule has 0 aromatic carbocycles. The number of hydrogen-bond donors (Lipinski definition) is 2. The average Bonchev–Trinajstić information content (AvgIpc) is 2.20. The average molecular weight is 208 g/mol. The molecule has 1 heterocycles. The first-order valence-electron chi connectivity index (χ1n) is 5.49. The van der Waals surface area contributed by atoms with E-state index in [-0.39, 0.29) is 6.10 Å². The highest BCUT2D eigenvalue weighted by molar-refractivity contribution is 5.11. The first-order chi connectivity index (χ1) is 7.18. The molecule has 15 heavy (non-hydrogen) atoms. The Bertz CT molecular complexity index is 269. The standard InChI is InChI=1S/C12H20N2O/c1-10-5-6-12(14-8-10)9-13-7-3-4-11(2)15/h5-6,8,11,13,15H,3-4,7,9H2,1-2H3. The van der Waals surface area contributed by atoms with Crippen LogP contribution in [0.15, 0.2) is 18.3 Å². The molecule has 0 aliphatic rings. The van der Waals surface area contributed by atoms with E-state index in [0.717, 1.165) is 31.6 Å². The van der Waals surface area contributed by atoms with E-state index in [9.17, 15) is 0 Å². The lowest BCUT2D eigenvalue weighted by atomic mass is 10.2. The second-order valence-electron chi connectivity index (χ2n) is 3.99. The molecular formula is C12H20N2O. The number of rotatable bonds is 6. The third-order valence-corrected chi connectivity index (χ3v) is 2.25. The summed E-state index contributed by atoms with van der Waals surface area (Å²) in [6.45, 7) is 5.59. The molecule has 84 valence electrons. The molecule has 1 unspecified atom stereocenters. The van der Waals surface area contributed by atoms with E-state index < -0.39 is 0 Å². The van der Waals surface area contributed by atoms with Gasteiger partial charge in [-0.2, -0.15) is 0 Å². The number of nitrogens with zero attached hydrogens (tertiary/aromatic N) is 1. The molecule has 3 nitrogen and oxygen atoms in total. The third kappa shape index (κ3) is 5.50. The van der Waals surface area contributed by atoms with Crippen molar-refractivity contribution in [3.05, 3.63) is 29.6 Å². The van der Waals surface area contributed by atoms with E-state index in [2.05, 4.69) is 16.4 Å². The van der Waals surface area contributed by atoms with Crippen LogP contribution in [0.4, 0.5) is 0 Å². The number of aliphatic hydroxyl groups is 1. The SMILES string of the molecule is Cc1ccc(CNCCCC(C)O)nc1. The number of aliphatic hydroxyl groups excluding tert-OH is 1. The Hall–Kier alpha value is -0.930. The van der Waals surface area contributed by atoms with E-state index >= 15 is 0 Å². The van der Waals surface area contributed by atoms with Gasteiger partial charge in [-0.25, -0.2) is 0 Å². The van der Waals surface area contributed by atoms with Gasteiger partial charge >= 0.3 is 0 Å². The van der Waals surface area contributed by atoms with Crippen LogP contribution in [0.1, 0.15) is 31.0 Å². The third-order valence-electron chi connectivity index (χ3n) is 2.25. The van der Waals surface area contributed by atoms with Crippen LogP contribution in [0.3, 0.4) is 0 Å². The van der Waals surface area contributed by atoms with Gasteiger partial charge < -0.3 is 10.4 Å². The molecule has 0 fully saturated rings. The van der Waals surface area contributed by atoms with Crippen LogP contribution >= 0.6 is 0 Å². The molecular weight excluding hydrogens is 188 g/mol. The lowest BCUT2D eigenvalue weighted by Crippen LogP contribution is -2.16. The van der Waals surface area contributed by atoms with Gasteiger partial charge in [0.25, 0.3) is 0 Å². The Morgan fingerprint density at radius 2 is 2.27 bits per heavy atom. The highest BCUT2D eigenvalue weighted by Gasteiger charge is 1.96. The van der Waals surface area contributed by atoms with Crippen LogP contribution in [-0.2, 0) is 6.54 Å². The van der Waals surface area contributed by atoms with Crippen molar-refractivity contribution in [2.24, 2.45) is 0 Å². The van der Waals surface area contributed by atoms with Crippen LogP contribution in [0.5, 0.6) is 0 Å². The molecule has 2 N–H and O–H groups in total. The Morgan fingerprint density at radius 1 is 1.47 bits per heavy atom. The normalized spacial score (nSPS) is 12.7. The van der Waals surface area contributed by atoms with E-state index in [0.29, 0.717) is 0 Å². The maximum atomic E-state index is 9.06. The summed E-state index contributed by atoms with van der Waals surface area (Å²) in [5.41, 5.74) is 2.26. The fraction of sp³-hybridized carbons (Fsp3) is 0.583. The second kappa shape index (κ2) is 6.53. The Kier molecular flexibility index (Phi) is 5.29. The monoisotopic (exact) mass is 208 g/mol. The van der Waals surface area contributed by atoms with Crippen LogP contribution in [0.25, 0.3) is 0 Å². The van der Waals surface area contributed by atoms with Crippen molar-refractivity contribution >= 4 is 0 Å². The lowest BCUT2D eigenvalue weighted by molar-refractivity contribution is 0.181. The predicted molar refractivity (Wildman–Crippen MR) is 61.6 cm³/mol. The van der Waals surface area contributed by atoms with Gasteiger partial charge in [0.05, 0.1) is 11.8 Å². The maximum Gasteiger partial charge on any atom is 0.0541 e. The lowest BCUT2D eigenvalue weighted by Gasteiger charge is -2.05. The van der Waals surface area contributed by atoms with Crippen molar-refractivity contribution in [2.75, 3.05) is 6.54 Å². The second-order valence-corrected chi connectivity index (χ2v) is 3.99. The molecule has 1 aromatic heterocycles. The van der Waals surface area contributed by atoms with Crippen LogP contribution < -0.4 is 5.32 Å².